The van der Waals surface area contributed by atoms with Crippen LogP contribution in [0.2, 0.25) is 0 Å². The molecule has 2 nitrogen and oxygen atoms in total. The predicted molar refractivity (Wildman–Crippen MR) is 64.1 cm³/mol. The van der Waals surface area contributed by atoms with Gasteiger partial charge in [-0.2, -0.15) is 11.8 Å². The third kappa shape index (κ3) is 4.20. The summed E-state index contributed by atoms with van der Waals surface area (Å²) in [5.41, 5.74) is 0. The normalized spacial score (nSPS) is 27.9. The van der Waals surface area contributed by atoms with Gasteiger partial charge in [-0.25, -0.2) is 0 Å². The Kier molecular flexibility index (Phi) is 6.65. The van der Waals surface area contributed by atoms with Crippen LogP contribution in [0.25, 0.3) is 0 Å². The van der Waals surface area contributed by atoms with Gasteiger partial charge in [0.25, 0.3) is 0 Å². The molecule has 0 saturated carbocycles. The van der Waals surface area contributed by atoms with Crippen molar-refractivity contribution in [3.63, 3.8) is 0 Å². The summed E-state index contributed by atoms with van der Waals surface area (Å²) < 4.78 is 5.51. The van der Waals surface area contributed by atoms with Crippen molar-refractivity contribution in [3.05, 3.63) is 0 Å². The molecule has 2 unspecified atom stereocenters. The first kappa shape index (κ1) is 12.3. The van der Waals surface area contributed by atoms with Crippen LogP contribution in [0, 0.1) is 0 Å². The summed E-state index contributed by atoms with van der Waals surface area (Å²) in [6.07, 6.45) is 5.21. The maximum atomic E-state index is 5.51. The molecule has 0 aromatic heterocycles. The van der Waals surface area contributed by atoms with Gasteiger partial charge in [-0.15, -0.1) is 0 Å². The van der Waals surface area contributed by atoms with Crippen LogP contribution in [-0.4, -0.2) is 37.3 Å². The second kappa shape index (κ2) is 7.55. The lowest BCUT2D eigenvalue weighted by Crippen LogP contribution is -2.43. The first-order valence-corrected chi connectivity index (χ1v) is 6.80. The van der Waals surface area contributed by atoms with Crippen LogP contribution < -0.4 is 5.32 Å². The molecule has 1 fully saturated rings. The van der Waals surface area contributed by atoms with Gasteiger partial charge in [0.1, 0.15) is 0 Å². The Morgan fingerprint density at radius 1 is 1.43 bits per heavy atom. The van der Waals surface area contributed by atoms with Crippen molar-refractivity contribution in [1.29, 1.82) is 0 Å². The van der Waals surface area contributed by atoms with E-state index in [1.807, 2.05) is 0 Å². The van der Waals surface area contributed by atoms with Gasteiger partial charge in [0.05, 0.1) is 6.61 Å². The summed E-state index contributed by atoms with van der Waals surface area (Å²) in [5, 5.41) is 4.07. The summed E-state index contributed by atoms with van der Waals surface area (Å²) in [4.78, 5) is 0. The van der Waals surface area contributed by atoms with E-state index >= 15 is 0 Å². The van der Waals surface area contributed by atoms with Crippen LogP contribution in [0.1, 0.15) is 32.6 Å². The molecule has 1 aliphatic heterocycles. The Bertz CT molecular complexity index is 143. The number of nitrogens with one attached hydrogen (secondary N) is 1. The van der Waals surface area contributed by atoms with Gasteiger partial charge in [0, 0.05) is 17.9 Å². The fraction of sp³-hybridized carbons (Fsp3) is 1.00. The van der Waals surface area contributed by atoms with E-state index in [2.05, 4.69) is 31.1 Å². The van der Waals surface area contributed by atoms with Gasteiger partial charge in [0.15, 0.2) is 0 Å². The molecule has 14 heavy (non-hydrogen) atoms. The highest BCUT2D eigenvalue weighted by atomic mass is 32.2. The zero-order chi connectivity index (χ0) is 10.2. The summed E-state index contributed by atoms with van der Waals surface area (Å²) in [5.74, 6) is 1.29. The summed E-state index contributed by atoms with van der Waals surface area (Å²) in [6.45, 7) is 4.12. The summed E-state index contributed by atoms with van der Waals surface area (Å²) >= 11 is 2.08. The third-order valence-electron chi connectivity index (χ3n) is 2.75. The average molecular weight is 217 g/mol. The molecular formula is C11H23NOS. The number of hydrogen-bond donors (Lipinski definition) is 1. The smallest absolute Gasteiger partial charge is 0.0600 e. The second-order valence-electron chi connectivity index (χ2n) is 3.88. The molecule has 0 bridgehead atoms. The fourth-order valence-corrected chi connectivity index (χ4v) is 3.16. The zero-order valence-corrected chi connectivity index (χ0v) is 10.2. The zero-order valence-electron chi connectivity index (χ0n) is 9.42. The first-order valence-electron chi connectivity index (χ1n) is 5.75. The van der Waals surface area contributed by atoms with Crippen molar-refractivity contribution in [1.82, 2.24) is 5.32 Å². The number of thioether (sulfide) groups is 1. The maximum Gasteiger partial charge on any atom is 0.0600 e. The van der Waals surface area contributed by atoms with E-state index in [9.17, 15) is 0 Å². The Morgan fingerprint density at radius 2 is 2.29 bits per heavy atom. The van der Waals surface area contributed by atoms with Gasteiger partial charge in [-0.1, -0.05) is 19.8 Å². The highest BCUT2D eigenvalue weighted by Gasteiger charge is 2.24. The second-order valence-corrected chi connectivity index (χ2v) is 5.22. The summed E-state index contributed by atoms with van der Waals surface area (Å²) in [7, 11) is 2.07. The lowest BCUT2D eigenvalue weighted by atomic mass is 10.1. The molecule has 1 aliphatic rings. The van der Waals surface area contributed by atoms with Crippen LogP contribution in [0.4, 0.5) is 0 Å². The summed E-state index contributed by atoms with van der Waals surface area (Å²) in [6, 6.07) is 0.662. The molecule has 0 aliphatic carbocycles. The van der Waals surface area contributed by atoms with E-state index in [0.717, 1.165) is 13.2 Å². The number of hydrogen-bond acceptors (Lipinski definition) is 3. The quantitative estimate of drug-likeness (QED) is 0.690. The van der Waals surface area contributed by atoms with Gasteiger partial charge >= 0.3 is 0 Å². The lowest BCUT2D eigenvalue weighted by molar-refractivity contribution is 0.0851. The van der Waals surface area contributed by atoms with Crippen LogP contribution in [0.15, 0.2) is 0 Å². The van der Waals surface area contributed by atoms with Crippen LogP contribution in [0.5, 0.6) is 0 Å². The van der Waals surface area contributed by atoms with E-state index in [1.54, 1.807) is 0 Å². The van der Waals surface area contributed by atoms with E-state index in [-0.39, 0.29) is 0 Å². The van der Waals surface area contributed by atoms with Crippen LogP contribution in [-0.2, 0) is 4.74 Å². The molecule has 0 amide bonds. The number of unbranched alkanes of at least 4 members (excludes halogenated alkanes) is 2. The monoisotopic (exact) mass is 217 g/mol. The van der Waals surface area contributed by atoms with Crippen molar-refractivity contribution in [3.8, 4) is 0 Å². The predicted octanol–water partition coefficient (Wildman–Crippen LogP) is 2.29. The highest BCUT2D eigenvalue weighted by molar-refractivity contribution is 8.00. The largest absolute Gasteiger partial charge is 0.380 e. The van der Waals surface area contributed by atoms with Crippen LogP contribution >= 0.6 is 11.8 Å². The maximum absolute atomic E-state index is 5.51. The SMILES string of the molecule is CCCCCSC1COCCC1NC. The first-order chi connectivity index (χ1) is 6.88. The Hall–Kier alpha value is 0.270. The molecule has 3 heteroatoms. The molecule has 1 heterocycles. The minimum absolute atomic E-state index is 0.662. The molecule has 2 atom stereocenters. The molecule has 1 rings (SSSR count). The Labute approximate surface area is 92.2 Å². The van der Waals surface area contributed by atoms with E-state index in [4.69, 9.17) is 4.74 Å². The lowest BCUT2D eigenvalue weighted by Gasteiger charge is -2.30. The van der Waals surface area contributed by atoms with Crippen molar-refractivity contribution < 1.29 is 4.74 Å². The van der Waals surface area contributed by atoms with Gasteiger partial charge < -0.3 is 10.1 Å². The van der Waals surface area contributed by atoms with Gasteiger partial charge in [0.2, 0.25) is 0 Å². The molecule has 0 spiro atoms. The van der Waals surface area contributed by atoms with E-state index < -0.39 is 0 Å². The molecule has 1 saturated heterocycles. The molecule has 1 N–H and O–H groups in total. The Morgan fingerprint density at radius 3 is 3.00 bits per heavy atom. The minimum Gasteiger partial charge on any atom is -0.380 e. The molecule has 0 aromatic rings. The van der Waals surface area contributed by atoms with Crippen LogP contribution in [0.3, 0.4) is 0 Å². The number of ether oxygens (including phenoxy) is 1. The van der Waals surface area contributed by atoms with Crippen molar-refractivity contribution in [2.45, 2.75) is 43.9 Å². The third-order valence-corrected chi connectivity index (χ3v) is 4.17. The molecule has 0 aromatic carbocycles. The van der Waals surface area contributed by atoms with Crippen molar-refractivity contribution in [2.24, 2.45) is 0 Å². The van der Waals surface area contributed by atoms with Crippen molar-refractivity contribution in [2.75, 3.05) is 26.0 Å². The van der Waals surface area contributed by atoms with Crippen molar-refractivity contribution >= 4 is 11.8 Å². The topological polar surface area (TPSA) is 21.3 Å². The minimum atomic E-state index is 0.662. The average Bonchev–Trinajstić information content (AvgIpc) is 2.25. The number of rotatable bonds is 6. The molecule has 0 radical (unpaired) electrons. The molecular weight excluding hydrogens is 194 g/mol. The van der Waals surface area contributed by atoms with E-state index in [1.165, 1.54) is 31.4 Å². The standard InChI is InChI=1S/C11H23NOS/c1-3-4-5-8-14-11-9-13-7-6-10(11)12-2/h10-12H,3-9H2,1-2H3. The van der Waals surface area contributed by atoms with Gasteiger partial charge in [-0.05, 0) is 25.6 Å². The highest BCUT2D eigenvalue weighted by Crippen LogP contribution is 2.22. The Balaban J connectivity index is 2.13. The van der Waals surface area contributed by atoms with Gasteiger partial charge in [-0.3, -0.25) is 0 Å². The molecule has 84 valence electrons. The van der Waals surface area contributed by atoms with E-state index in [0.29, 0.717) is 11.3 Å². The fourth-order valence-electron chi connectivity index (χ4n) is 1.79.